The van der Waals surface area contributed by atoms with Crippen molar-refractivity contribution in [2.24, 2.45) is 0 Å². The molecule has 0 spiro atoms. The maximum Gasteiger partial charge on any atom is 0.397 e. The van der Waals surface area contributed by atoms with Gasteiger partial charge in [0.2, 0.25) is 0 Å². The molecule has 5 aliphatic heterocycles. The first-order valence-corrected chi connectivity index (χ1v) is 39.8. The minimum absolute atomic E-state index is 0.367. The third kappa shape index (κ3) is 27.6. The van der Waals surface area contributed by atoms with Crippen LogP contribution in [0.5, 0.6) is 0 Å². The van der Waals surface area contributed by atoms with Crippen LogP contribution in [0.3, 0.4) is 0 Å². The predicted molar refractivity (Wildman–Crippen MR) is 296 cm³/mol. The van der Waals surface area contributed by atoms with E-state index in [9.17, 15) is 150 Å². The standard InChI is InChI=1S/C35H58O58S10/c1-70-12-9(6-75-94(40,41)42)79-32(24(15(12)71-2)89-99(55,56)57)83-18-16(72-3)25(90-100(58,59)60)35(85-22(18)29(36)37)82-14-11(8-77-96(46,47)48)80-33(28(93-103(67,68)69)21(14)88-98(52,53)54)84-19-17(73-4)26(91-101(61,62)63)34(86-23(19)30(38)39)81-13-10(7-76-95(43,44)45)78-31(74-5)27(92-102(64,65)66)20(13)87-97(49,50)51/h9-28,31-35H,6-8H2,1-5H3,(H,36,37)(H,38,39)(H,40,41,42)(H,43,44,45)(H,46,47,48)(H,49,50,51)(H,52,53,54)(H,55,56,57)(H,58,59,60)(H,61,62,63)(H,64,65,66)(H,67,68,69)/t9-,10-,11-,12-,13-,14-,15+,16+,17+,18+,19+,20+,21+,22+,23-,24-,25-,26-,27-,28-,31+,32-,33-,34-,35-/m1/s1. The van der Waals surface area contributed by atoms with Crippen molar-refractivity contribution >= 4 is 116 Å². The van der Waals surface area contributed by atoms with Crippen molar-refractivity contribution in [2.75, 3.05) is 55.4 Å². The number of methoxy groups -OCH3 is 5. The van der Waals surface area contributed by atoms with Crippen LogP contribution in [-0.2, 0) is 222 Å². The molecule has 606 valence electrons. The molecule has 0 aromatic rings. The third-order valence-electron chi connectivity index (χ3n) is 13.5. The number of aliphatic carboxylic acids is 2. The van der Waals surface area contributed by atoms with E-state index >= 15 is 0 Å². The van der Waals surface area contributed by atoms with Gasteiger partial charge in [-0.1, -0.05) is 0 Å². The average Bonchev–Trinajstić information content (AvgIpc) is 0.757. The Bertz CT molecular complexity index is 4120. The molecule has 5 heterocycles. The van der Waals surface area contributed by atoms with Crippen molar-refractivity contribution in [3.8, 4) is 0 Å². The van der Waals surface area contributed by atoms with E-state index in [1.807, 2.05) is 0 Å². The van der Waals surface area contributed by atoms with E-state index in [1.54, 1.807) is 0 Å². The maximum absolute atomic E-state index is 13.4. The molecule has 0 radical (unpaired) electrons. The molecule has 0 aliphatic carbocycles. The van der Waals surface area contributed by atoms with Gasteiger partial charge in [0.1, 0.15) is 79.4 Å². The van der Waals surface area contributed by atoms with Crippen LogP contribution in [0.15, 0.2) is 0 Å². The largest absolute Gasteiger partial charge is 0.479 e. The normalized spacial score (nSPS) is 35.9. The minimum atomic E-state index is -6.54. The molecular formula is C35H58O58S10. The molecule has 0 aromatic carbocycles. The lowest BCUT2D eigenvalue weighted by atomic mass is 9.95. The highest BCUT2D eigenvalue weighted by Crippen LogP contribution is 2.42. The highest BCUT2D eigenvalue weighted by Gasteiger charge is 2.64. The summed E-state index contributed by atoms with van der Waals surface area (Å²) in [5.74, 6) is -5.03. The minimum Gasteiger partial charge on any atom is -0.479 e. The number of rotatable bonds is 38. The van der Waals surface area contributed by atoms with Gasteiger partial charge in [-0.3, -0.25) is 45.5 Å². The maximum atomic E-state index is 13.4. The highest BCUT2D eigenvalue weighted by atomic mass is 32.3. The Kier molecular flexibility index (Phi) is 30.8. The number of hydrogen-bond acceptors (Lipinski definition) is 46. The Balaban J connectivity index is 1.74. The van der Waals surface area contributed by atoms with E-state index in [0.29, 0.717) is 21.3 Å². The van der Waals surface area contributed by atoms with Crippen molar-refractivity contribution in [2.45, 2.75) is 154 Å². The number of carbonyl (C=O) groups is 2. The van der Waals surface area contributed by atoms with Gasteiger partial charge in [0, 0.05) is 35.5 Å². The number of ether oxygens (including phenoxy) is 14. The van der Waals surface area contributed by atoms with E-state index < -0.39 is 289 Å². The first kappa shape index (κ1) is 90.7. The lowest BCUT2D eigenvalue weighted by Crippen LogP contribution is -2.70. The van der Waals surface area contributed by atoms with Gasteiger partial charge in [-0.2, -0.15) is 84.2 Å². The van der Waals surface area contributed by atoms with Gasteiger partial charge in [-0.05, 0) is 0 Å². The fraction of sp³-hybridized carbons (Fsp3) is 0.943. The zero-order chi connectivity index (χ0) is 78.7. The second-order valence-corrected chi connectivity index (χ2v) is 30.8. The molecule has 5 fully saturated rings. The zero-order valence-electron chi connectivity index (χ0n) is 50.8. The van der Waals surface area contributed by atoms with Crippen molar-refractivity contribution < 1.29 is 258 Å². The van der Waals surface area contributed by atoms with E-state index in [2.05, 4.69) is 41.8 Å². The lowest BCUT2D eigenvalue weighted by molar-refractivity contribution is -0.383. The summed E-state index contributed by atoms with van der Waals surface area (Å²) < 4.78 is 464. The van der Waals surface area contributed by atoms with Crippen LogP contribution in [0.2, 0.25) is 0 Å². The van der Waals surface area contributed by atoms with Crippen LogP contribution in [0.4, 0.5) is 0 Å². The molecule has 0 saturated carbocycles. The monoisotopic (exact) mass is 1730 g/mol. The molecule has 25 atom stereocenters. The number of carboxylic acid groups (broad SMARTS) is 2. The third-order valence-corrected chi connectivity index (χ3v) is 18.1. The summed E-state index contributed by atoms with van der Waals surface area (Å²) in [7, 11) is -57.8. The fourth-order valence-corrected chi connectivity index (χ4v) is 14.5. The van der Waals surface area contributed by atoms with Gasteiger partial charge in [0.25, 0.3) is 0 Å². The molecule has 5 rings (SSSR count). The summed E-state index contributed by atoms with van der Waals surface area (Å²) in [4.78, 5) is 26.7. The molecule has 0 amide bonds. The average molecular weight is 1730 g/mol. The summed E-state index contributed by atoms with van der Waals surface area (Å²) >= 11 is 0. The Hall–Kier alpha value is -2.92. The van der Waals surface area contributed by atoms with Gasteiger partial charge in [-0.15, -0.1) is 0 Å². The Labute approximate surface area is 579 Å². The lowest BCUT2D eigenvalue weighted by Gasteiger charge is -2.51. The summed E-state index contributed by atoms with van der Waals surface area (Å²) in [5, 5.41) is 21.4. The number of carboxylic acids is 2. The SMILES string of the molecule is CO[C@H]1O[C@H](COS(=O)(=O)O)[C@@H](O[C@@H]2O[C@@H](C(=O)O)[C@@H](O[C@H]3O[C@H](COS(=O)(=O)O)[C@@H](O[C@@H]4O[C@H](C(=O)O)[C@@H](O[C@H]5O[C@H](COS(=O)(=O)O)[C@@H](OC)[C@H](OC)[C@H]5OS(=O)(=O)O)[C@H](OC)[C@H]4OS(=O)(=O)O)[C@H](OS(=O)(=O)O)[C@H]3OS(=O)(=O)O)[C@H](OC)[C@H]2OS(=O)(=O)O)[C@H](OS(=O)(=O)O)[C@H]1OS(=O)(=O)O. The molecule has 0 unspecified atom stereocenters. The smallest absolute Gasteiger partial charge is 0.397 e. The zero-order valence-corrected chi connectivity index (χ0v) is 58.9. The molecule has 12 N–H and O–H groups in total. The quantitative estimate of drug-likeness (QED) is 0.0255. The van der Waals surface area contributed by atoms with Crippen molar-refractivity contribution in [1.82, 2.24) is 0 Å². The van der Waals surface area contributed by atoms with E-state index in [4.69, 9.17) is 66.3 Å². The highest BCUT2D eigenvalue weighted by molar-refractivity contribution is 7.83. The second kappa shape index (κ2) is 35.0. The van der Waals surface area contributed by atoms with Gasteiger partial charge in [0.15, 0.2) is 74.2 Å². The van der Waals surface area contributed by atoms with Crippen molar-refractivity contribution in [3.05, 3.63) is 0 Å². The van der Waals surface area contributed by atoms with E-state index in [-0.39, 0.29) is 0 Å². The molecule has 68 heteroatoms. The summed E-state index contributed by atoms with van der Waals surface area (Å²) in [5.41, 5.74) is 0. The Morgan fingerprint density at radius 2 is 0.456 bits per heavy atom. The van der Waals surface area contributed by atoms with Gasteiger partial charge in [-0.25, -0.2) is 51.4 Å². The van der Waals surface area contributed by atoms with Gasteiger partial charge in [0.05, 0.1) is 19.8 Å². The molecule has 0 aromatic heterocycles. The van der Waals surface area contributed by atoms with Crippen LogP contribution < -0.4 is 0 Å². The van der Waals surface area contributed by atoms with Crippen LogP contribution in [0.1, 0.15) is 0 Å². The topological polar surface area (TPSA) is 840 Å². The van der Waals surface area contributed by atoms with Crippen LogP contribution in [0.25, 0.3) is 0 Å². The summed E-state index contributed by atoms with van der Waals surface area (Å²) in [6, 6.07) is 0. The molecular weight excluding hydrogens is 1670 g/mol. The van der Waals surface area contributed by atoms with Crippen molar-refractivity contribution in [1.29, 1.82) is 0 Å². The Morgan fingerprint density at radius 3 is 0.689 bits per heavy atom. The van der Waals surface area contributed by atoms with Gasteiger partial charge < -0.3 is 76.5 Å². The predicted octanol–water partition coefficient (Wildman–Crippen LogP) is -10.2. The van der Waals surface area contributed by atoms with E-state index in [1.165, 1.54) is 0 Å². The van der Waals surface area contributed by atoms with Crippen LogP contribution >= 0.6 is 0 Å². The van der Waals surface area contributed by atoms with Crippen LogP contribution in [-0.4, -0.2) is 361 Å². The first-order valence-electron chi connectivity index (χ1n) is 26.1. The van der Waals surface area contributed by atoms with Crippen LogP contribution in [0, 0.1) is 0 Å². The fourth-order valence-electron chi connectivity index (χ4n) is 10.2. The Morgan fingerprint density at radius 1 is 0.252 bits per heavy atom. The summed E-state index contributed by atoms with van der Waals surface area (Å²) in [6.07, 6.45) is -73.8. The molecule has 58 nitrogen and oxygen atoms in total. The van der Waals surface area contributed by atoms with Crippen molar-refractivity contribution in [3.63, 3.8) is 0 Å². The van der Waals surface area contributed by atoms with Gasteiger partial charge >= 0.3 is 116 Å². The second-order valence-electron chi connectivity index (χ2n) is 20.2. The van der Waals surface area contributed by atoms with E-state index in [0.717, 1.165) is 14.2 Å². The molecule has 5 saturated heterocycles. The molecule has 103 heavy (non-hydrogen) atoms. The number of hydrogen-bond donors (Lipinski definition) is 12. The first-order chi connectivity index (χ1) is 46.7. The molecule has 0 bridgehead atoms. The summed E-state index contributed by atoms with van der Waals surface area (Å²) in [6.45, 7) is -5.30. The molecule has 5 aliphatic rings.